The lowest BCUT2D eigenvalue weighted by Crippen LogP contribution is -2.43. The number of rotatable bonds is 6. The summed E-state index contributed by atoms with van der Waals surface area (Å²) in [7, 11) is -2.19. The van der Waals surface area contributed by atoms with E-state index >= 15 is 0 Å². The van der Waals surface area contributed by atoms with Crippen LogP contribution in [0.25, 0.3) is 0 Å². The Hall–Kier alpha value is -1.11. The van der Waals surface area contributed by atoms with Crippen LogP contribution in [-0.4, -0.2) is 28.1 Å². The molecule has 1 rings (SSSR count). The summed E-state index contributed by atoms with van der Waals surface area (Å²) in [5.74, 6) is 0.452. The van der Waals surface area contributed by atoms with E-state index in [1.165, 1.54) is 7.11 Å². The fraction of sp³-hybridized carbons (Fsp3) is 0.538. The molecule has 0 fully saturated rings. The molecule has 1 aromatic carbocycles. The zero-order valence-electron chi connectivity index (χ0n) is 11.8. The first kappa shape index (κ1) is 15.9. The van der Waals surface area contributed by atoms with Gasteiger partial charge in [0.2, 0.25) is 10.0 Å². The highest BCUT2D eigenvalue weighted by Gasteiger charge is 2.24. The molecule has 108 valence electrons. The van der Waals surface area contributed by atoms with Crippen LogP contribution in [0.1, 0.15) is 19.4 Å². The minimum atomic E-state index is -3.64. The Balaban J connectivity index is 3.16. The van der Waals surface area contributed by atoms with Gasteiger partial charge in [-0.2, -0.15) is 0 Å². The molecular weight excluding hydrogens is 264 g/mol. The second kappa shape index (κ2) is 6.36. The van der Waals surface area contributed by atoms with Crippen LogP contribution in [0, 0.1) is 12.8 Å². The van der Waals surface area contributed by atoms with Gasteiger partial charge < -0.3 is 10.5 Å². The number of nitrogens with one attached hydrogen (secondary N) is 1. The molecule has 0 amide bonds. The van der Waals surface area contributed by atoms with E-state index in [9.17, 15) is 8.42 Å². The summed E-state index contributed by atoms with van der Waals surface area (Å²) in [6.07, 6.45) is 0. The van der Waals surface area contributed by atoms with Crippen LogP contribution >= 0.6 is 0 Å². The molecular formula is C13H22N2O3S. The lowest BCUT2D eigenvalue weighted by Gasteiger charge is -2.21. The Bertz CT molecular complexity index is 527. The van der Waals surface area contributed by atoms with Crippen molar-refractivity contribution >= 4 is 10.0 Å². The second-order valence-corrected chi connectivity index (χ2v) is 6.54. The van der Waals surface area contributed by atoms with Crippen molar-refractivity contribution in [1.82, 2.24) is 4.72 Å². The second-order valence-electron chi connectivity index (χ2n) is 4.86. The van der Waals surface area contributed by atoms with Crippen LogP contribution in [-0.2, 0) is 10.0 Å². The largest absolute Gasteiger partial charge is 0.495 e. The van der Waals surface area contributed by atoms with Crippen LogP contribution in [0.15, 0.2) is 23.1 Å². The van der Waals surface area contributed by atoms with E-state index in [4.69, 9.17) is 10.5 Å². The maximum absolute atomic E-state index is 12.4. The third-order valence-electron chi connectivity index (χ3n) is 2.97. The molecule has 3 N–H and O–H groups in total. The molecule has 1 atom stereocenters. The van der Waals surface area contributed by atoms with E-state index < -0.39 is 10.0 Å². The third kappa shape index (κ3) is 3.92. The fourth-order valence-corrected chi connectivity index (χ4v) is 3.36. The van der Waals surface area contributed by atoms with Crippen molar-refractivity contribution in [3.05, 3.63) is 23.8 Å². The number of ether oxygens (including phenoxy) is 1. The van der Waals surface area contributed by atoms with Crippen molar-refractivity contribution in [1.29, 1.82) is 0 Å². The molecule has 0 saturated heterocycles. The molecule has 0 aliphatic heterocycles. The van der Waals surface area contributed by atoms with Crippen molar-refractivity contribution in [2.45, 2.75) is 31.7 Å². The Labute approximate surface area is 115 Å². The standard InChI is InChI=1S/C13H22N2O3S/c1-9(2)11(8-14)15-19(16,17)13-7-10(3)5-6-12(13)18-4/h5-7,9,11,15H,8,14H2,1-4H3. The van der Waals surface area contributed by atoms with E-state index in [1.54, 1.807) is 18.2 Å². The average molecular weight is 286 g/mol. The highest BCUT2D eigenvalue weighted by Crippen LogP contribution is 2.25. The number of aryl methyl sites for hydroxylation is 1. The van der Waals surface area contributed by atoms with Crippen LogP contribution in [0.5, 0.6) is 5.75 Å². The van der Waals surface area contributed by atoms with Gasteiger partial charge in [-0.15, -0.1) is 0 Å². The Morgan fingerprint density at radius 3 is 2.47 bits per heavy atom. The normalized spacial score (nSPS) is 13.6. The number of hydrogen-bond donors (Lipinski definition) is 2. The van der Waals surface area contributed by atoms with Crippen LogP contribution in [0.4, 0.5) is 0 Å². The number of methoxy groups -OCH3 is 1. The van der Waals surface area contributed by atoms with Gasteiger partial charge in [-0.25, -0.2) is 13.1 Å². The molecule has 0 aliphatic carbocycles. The molecule has 19 heavy (non-hydrogen) atoms. The summed E-state index contributed by atoms with van der Waals surface area (Å²) in [6.45, 7) is 5.94. The van der Waals surface area contributed by atoms with Gasteiger partial charge in [0.05, 0.1) is 7.11 Å². The summed E-state index contributed by atoms with van der Waals surface area (Å²) in [5, 5.41) is 0. The molecule has 0 saturated carbocycles. The first-order valence-corrected chi connectivity index (χ1v) is 7.67. The van der Waals surface area contributed by atoms with Gasteiger partial charge in [0.1, 0.15) is 10.6 Å². The molecule has 0 spiro atoms. The Kier molecular flexibility index (Phi) is 5.34. The SMILES string of the molecule is COc1ccc(C)cc1S(=O)(=O)NC(CN)C(C)C. The van der Waals surface area contributed by atoms with Crippen LogP contribution in [0.2, 0.25) is 0 Å². The third-order valence-corrected chi connectivity index (χ3v) is 4.48. The van der Waals surface area contributed by atoms with E-state index in [-0.39, 0.29) is 23.4 Å². The molecule has 0 radical (unpaired) electrons. The molecule has 5 nitrogen and oxygen atoms in total. The highest BCUT2D eigenvalue weighted by molar-refractivity contribution is 7.89. The molecule has 1 unspecified atom stereocenters. The van der Waals surface area contributed by atoms with Crippen molar-refractivity contribution in [2.75, 3.05) is 13.7 Å². The molecule has 0 heterocycles. The predicted molar refractivity (Wildman–Crippen MR) is 75.7 cm³/mol. The number of nitrogens with two attached hydrogens (primary N) is 1. The molecule has 0 aliphatic rings. The number of benzene rings is 1. The summed E-state index contributed by atoms with van der Waals surface area (Å²) >= 11 is 0. The van der Waals surface area contributed by atoms with E-state index in [0.717, 1.165) is 5.56 Å². The monoisotopic (exact) mass is 286 g/mol. The number of hydrogen-bond acceptors (Lipinski definition) is 4. The Morgan fingerprint density at radius 2 is 2.00 bits per heavy atom. The summed E-state index contributed by atoms with van der Waals surface area (Å²) < 4.78 is 32.5. The van der Waals surface area contributed by atoms with Crippen molar-refractivity contribution in [2.24, 2.45) is 11.7 Å². The van der Waals surface area contributed by atoms with Crippen LogP contribution < -0.4 is 15.2 Å². The number of sulfonamides is 1. The Morgan fingerprint density at radius 1 is 1.37 bits per heavy atom. The molecule has 0 aromatic heterocycles. The van der Waals surface area contributed by atoms with E-state index in [2.05, 4.69) is 4.72 Å². The van der Waals surface area contributed by atoms with Gasteiger partial charge in [-0.1, -0.05) is 19.9 Å². The van der Waals surface area contributed by atoms with Crippen molar-refractivity contribution in [3.8, 4) is 5.75 Å². The van der Waals surface area contributed by atoms with Gasteiger partial charge in [0.25, 0.3) is 0 Å². The lowest BCUT2D eigenvalue weighted by molar-refractivity contribution is 0.400. The molecule has 1 aromatic rings. The first-order chi connectivity index (χ1) is 8.81. The zero-order valence-corrected chi connectivity index (χ0v) is 12.6. The maximum Gasteiger partial charge on any atom is 0.244 e. The minimum Gasteiger partial charge on any atom is -0.495 e. The van der Waals surface area contributed by atoms with Gasteiger partial charge in [-0.05, 0) is 30.5 Å². The molecule has 6 heteroatoms. The highest BCUT2D eigenvalue weighted by atomic mass is 32.2. The average Bonchev–Trinajstić information content (AvgIpc) is 2.35. The fourth-order valence-electron chi connectivity index (χ4n) is 1.71. The predicted octanol–water partition coefficient (Wildman–Crippen LogP) is 1.27. The topological polar surface area (TPSA) is 81.4 Å². The lowest BCUT2D eigenvalue weighted by atomic mass is 10.1. The van der Waals surface area contributed by atoms with Gasteiger partial charge in [0.15, 0.2) is 0 Å². The first-order valence-electron chi connectivity index (χ1n) is 6.19. The van der Waals surface area contributed by atoms with Crippen molar-refractivity contribution < 1.29 is 13.2 Å². The van der Waals surface area contributed by atoms with Crippen molar-refractivity contribution in [3.63, 3.8) is 0 Å². The van der Waals surface area contributed by atoms with Gasteiger partial charge in [0, 0.05) is 12.6 Å². The quantitative estimate of drug-likeness (QED) is 0.825. The van der Waals surface area contributed by atoms with Gasteiger partial charge >= 0.3 is 0 Å². The summed E-state index contributed by atoms with van der Waals surface area (Å²) in [4.78, 5) is 0.147. The van der Waals surface area contributed by atoms with E-state index in [0.29, 0.717) is 5.75 Å². The zero-order chi connectivity index (χ0) is 14.6. The summed E-state index contributed by atoms with van der Waals surface area (Å²) in [6, 6.07) is 4.75. The minimum absolute atomic E-state index is 0.121. The summed E-state index contributed by atoms with van der Waals surface area (Å²) in [5.41, 5.74) is 6.46. The van der Waals surface area contributed by atoms with E-state index in [1.807, 2.05) is 20.8 Å². The van der Waals surface area contributed by atoms with Gasteiger partial charge in [-0.3, -0.25) is 0 Å². The molecule has 0 bridgehead atoms. The maximum atomic E-state index is 12.4. The smallest absolute Gasteiger partial charge is 0.244 e. The van der Waals surface area contributed by atoms with Crippen LogP contribution in [0.3, 0.4) is 0 Å².